The first-order valence-electron chi connectivity index (χ1n) is 6.57. The molecule has 1 N–H and O–H groups in total. The second-order valence-corrected chi connectivity index (χ2v) is 5.43. The molecule has 116 valence electrons. The fraction of sp³-hybridized carbons (Fsp3) is 0.267. The molecule has 7 heteroatoms. The van der Waals surface area contributed by atoms with Crippen molar-refractivity contribution in [1.29, 1.82) is 0 Å². The predicted molar refractivity (Wildman–Crippen MR) is 82.2 cm³/mol. The second kappa shape index (κ2) is 7.04. The van der Waals surface area contributed by atoms with E-state index in [1.165, 1.54) is 11.5 Å². The maximum absolute atomic E-state index is 12.3. The SMILES string of the molecule is Cc1nscc1C(=O)N(C)Cc1ccc(OCC(=O)O)cc1. The van der Waals surface area contributed by atoms with E-state index >= 15 is 0 Å². The maximum Gasteiger partial charge on any atom is 0.341 e. The number of nitrogens with zero attached hydrogens (tertiary/aromatic N) is 2. The van der Waals surface area contributed by atoms with Crippen LogP contribution in [0.25, 0.3) is 0 Å². The molecule has 0 fully saturated rings. The monoisotopic (exact) mass is 320 g/mol. The van der Waals surface area contributed by atoms with Gasteiger partial charge >= 0.3 is 5.97 Å². The van der Waals surface area contributed by atoms with Crippen LogP contribution in [0, 0.1) is 6.92 Å². The summed E-state index contributed by atoms with van der Waals surface area (Å²) in [4.78, 5) is 24.3. The van der Waals surface area contributed by atoms with Gasteiger partial charge in [0.15, 0.2) is 6.61 Å². The Labute approximate surface area is 132 Å². The summed E-state index contributed by atoms with van der Waals surface area (Å²) in [6.07, 6.45) is 0. The van der Waals surface area contributed by atoms with Gasteiger partial charge in [-0.05, 0) is 36.2 Å². The Morgan fingerprint density at radius 3 is 2.55 bits per heavy atom. The molecule has 0 saturated heterocycles. The van der Waals surface area contributed by atoms with Gasteiger partial charge in [-0.1, -0.05) is 12.1 Å². The minimum atomic E-state index is -1.02. The number of hydrogen-bond acceptors (Lipinski definition) is 5. The normalized spacial score (nSPS) is 10.3. The molecule has 0 aliphatic carbocycles. The zero-order valence-electron chi connectivity index (χ0n) is 12.3. The lowest BCUT2D eigenvalue weighted by atomic mass is 10.2. The van der Waals surface area contributed by atoms with Crippen LogP contribution in [0.3, 0.4) is 0 Å². The minimum absolute atomic E-state index is 0.0718. The molecule has 0 atom stereocenters. The van der Waals surface area contributed by atoms with Gasteiger partial charge in [-0.25, -0.2) is 4.79 Å². The molecule has 2 aromatic rings. The Balaban J connectivity index is 1.97. The van der Waals surface area contributed by atoms with E-state index in [2.05, 4.69) is 4.37 Å². The molecule has 1 aromatic carbocycles. The summed E-state index contributed by atoms with van der Waals surface area (Å²) in [5.41, 5.74) is 2.28. The summed E-state index contributed by atoms with van der Waals surface area (Å²) in [5.74, 6) is -0.607. The number of aromatic nitrogens is 1. The molecule has 6 nitrogen and oxygen atoms in total. The Kier molecular flexibility index (Phi) is 5.11. The molecule has 0 bridgehead atoms. The molecule has 22 heavy (non-hydrogen) atoms. The van der Waals surface area contributed by atoms with Crippen molar-refractivity contribution in [2.75, 3.05) is 13.7 Å². The standard InChI is InChI=1S/C15H16N2O4S/c1-10-13(9-22-16-10)15(20)17(2)7-11-3-5-12(6-4-11)21-8-14(18)19/h3-6,9H,7-8H2,1-2H3,(H,18,19). The van der Waals surface area contributed by atoms with E-state index < -0.39 is 5.97 Å². The fourth-order valence-electron chi connectivity index (χ4n) is 1.89. The van der Waals surface area contributed by atoms with Gasteiger partial charge in [-0.15, -0.1) is 0 Å². The largest absolute Gasteiger partial charge is 0.482 e. The molecule has 2 rings (SSSR count). The van der Waals surface area contributed by atoms with Crippen molar-refractivity contribution in [3.05, 3.63) is 46.5 Å². The molecule has 1 aromatic heterocycles. The lowest BCUT2D eigenvalue weighted by molar-refractivity contribution is -0.139. The number of carbonyl (C=O) groups is 2. The van der Waals surface area contributed by atoms with Crippen molar-refractivity contribution in [3.63, 3.8) is 0 Å². The summed E-state index contributed by atoms with van der Waals surface area (Å²) >= 11 is 1.27. The summed E-state index contributed by atoms with van der Waals surface area (Å²) in [5, 5.41) is 10.3. The number of amides is 1. The van der Waals surface area contributed by atoms with Crippen molar-refractivity contribution in [2.45, 2.75) is 13.5 Å². The second-order valence-electron chi connectivity index (χ2n) is 4.80. The van der Waals surface area contributed by atoms with Crippen LogP contribution in [-0.4, -0.2) is 39.9 Å². The smallest absolute Gasteiger partial charge is 0.341 e. The molecule has 0 radical (unpaired) electrons. The third-order valence-electron chi connectivity index (χ3n) is 3.03. The van der Waals surface area contributed by atoms with E-state index in [-0.39, 0.29) is 12.5 Å². The number of carboxylic acids is 1. The number of aryl methyl sites for hydroxylation is 1. The van der Waals surface area contributed by atoms with Gasteiger partial charge in [0.1, 0.15) is 5.75 Å². The lowest BCUT2D eigenvalue weighted by Crippen LogP contribution is -2.26. The zero-order chi connectivity index (χ0) is 16.1. The number of carboxylic acid groups (broad SMARTS) is 1. The number of hydrogen-bond donors (Lipinski definition) is 1. The van der Waals surface area contributed by atoms with Crippen molar-refractivity contribution in [1.82, 2.24) is 9.27 Å². The molecule has 0 aliphatic rings. The van der Waals surface area contributed by atoms with Gasteiger partial charge in [0.25, 0.3) is 5.91 Å². The van der Waals surface area contributed by atoms with Crippen LogP contribution in [0.4, 0.5) is 0 Å². The highest BCUT2D eigenvalue weighted by atomic mass is 32.1. The molecule has 0 saturated carbocycles. The molecular formula is C15H16N2O4S. The first kappa shape index (κ1) is 16.0. The average Bonchev–Trinajstić information content (AvgIpc) is 2.91. The average molecular weight is 320 g/mol. The number of aliphatic carboxylic acids is 1. The third kappa shape index (κ3) is 4.05. The van der Waals surface area contributed by atoms with Gasteiger partial charge in [0, 0.05) is 19.0 Å². The van der Waals surface area contributed by atoms with Crippen molar-refractivity contribution < 1.29 is 19.4 Å². The number of rotatable bonds is 6. The van der Waals surface area contributed by atoms with E-state index in [4.69, 9.17) is 9.84 Å². The van der Waals surface area contributed by atoms with Gasteiger partial charge in [0.05, 0.1) is 11.3 Å². The van der Waals surface area contributed by atoms with Crippen LogP contribution >= 0.6 is 11.5 Å². The van der Waals surface area contributed by atoms with E-state index in [0.717, 1.165) is 11.3 Å². The van der Waals surface area contributed by atoms with E-state index in [1.807, 2.05) is 6.92 Å². The molecule has 1 heterocycles. The van der Waals surface area contributed by atoms with E-state index in [1.54, 1.807) is 41.6 Å². The summed E-state index contributed by atoms with van der Waals surface area (Å²) in [6, 6.07) is 6.99. The predicted octanol–water partition coefficient (Wildman–Crippen LogP) is 2.19. The van der Waals surface area contributed by atoms with Crippen molar-refractivity contribution in [3.8, 4) is 5.75 Å². The molecular weight excluding hydrogens is 304 g/mol. The van der Waals surface area contributed by atoms with Crippen molar-refractivity contribution in [2.24, 2.45) is 0 Å². The number of ether oxygens (including phenoxy) is 1. The molecule has 0 aliphatic heterocycles. The van der Waals surface area contributed by atoms with E-state index in [0.29, 0.717) is 17.9 Å². The fourth-order valence-corrected chi connectivity index (χ4v) is 2.57. The van der Waals surface area contributed by atoms with Crippen LogP contribution in [0.2, 0.25) is 0 Å². The zero-order valence-corrected chi connectivity index (χ0v) is 13.1. The van der Waals surface area contributed by atoms with Crippen LogP contribution in [0.5, 0.6) is 5.75 Å². The Bertz CT molecular complexity index is 666. The quantitative estimate of drug-likeness (QED) is 0.882. The topological polar surface area (TPSA) is 79.7 Å². The highest BCUT2D eigenvalue weighted by Gasteiger charge is 2.16. The summed E-state index contributed by atoms with van der Waals surface area (Å²) < 4.78 is 9.17. The van der Waals surface area contributed by atoms with Crippen LogP contribution in [-0.2, 0) is 11.3 Å². The summed E-state index contributed by atoms with van der Waals surface area (Å²) in [6.45, 7) is 1.89. The first-order chi connectivity index (χ1) is 10.5. The number of benzene rings is 1. The first-order valence-corrected chi connectivity index (χ1v) is 7.41. The highest BCUT2D eigenvalue weighted by molar-refractivity contribution is 7.03. The minimum Gasteiger partial charge on any atom is -0.482 e. The Morgan fingerprint density at radius 1 is 1.32 bits per heavy atom. The highest BCUT2D eigenvalue weighted by Crippen LogP contribution is 2.16. The van der Waals surface area contributed by atoms with Crippen LogP contribution in [0.15, 0.2) is 29.6 Å². The third-order valence-corrected chi connectivity index (χ3v) is 3.75. The summed E-state index contributed by atoms with van der Waals surface area (Å²) in [7, 11) is 1.73. The van der Waals surface area contributed by atoms with Gasteiger partial charge in [-0.2, -0.15) is 4.37 Å². The molecule has 0 unspecified atom stereocenters. The van der Waals surface area contributed by atoms with Crippen LogP contribution in [0.1, 0.15) is 21.6 Å². The van der Waals surface area contributed by atoms with Gasteiger partial charge in [-0.3, -0.25) is 4.79 Å². The van der Waals surface area contributed by atoms with Gasteiger partial charge in [0.2, 0.25) is 0 Å². The van der Waals surface area contributed by atoms with E-state index in [9.17, 15) is 9.59 Å². The molecule has 1 amide bonds. The Hall–Kier alpha value is -2.41. The Morgan fingerprint density at radius 2 is 2.00 bits per heavy atom. The van der Waals surface area contributed by atoms with Crippen molar-refractivity contribution >= 4 is 23.4 Å². The number of carbonyl (C=O) groups excluding carboxylic acids is 1. The van der Waals surface area contributed by atoms with Crippen LogP contribution < -0.4 is 4.74 Å². The van der Waals surface area contributed by atoms with Gasteiger partial charge < -0.3 is 14.7 Å². The molecule has 0 spiro atoms. The lowest BCUT2D eigenvalue weighted by Gasteiger charge is -2.17. The maximum atomic E-state index is 12.3.